The van der Waals surface area contributed by atoms with Crippen LogP contribution >= 0.6 is 15.9 Å². The summed E-state index contributed by atoms with van der Waals surface area (Å²) in [5.74, 6) is 0. The maximum absolute atomic E-state index is 12.6. The zero-order chi connectivity index (χ0) is 18.6. The molecule has 2 bridgehead atoms. The maximum atomic E-state index is 12.6. The summed E-state index contributed by atoms with van der Waals surface area (Å²) in [5.41, 5.74) is 2.28. The Morgan fingerprint density at radius 1 is 1.27 bits per heavy atom. The lowest BCUT2D eigenvalue weighted by atomic mass is 10.2. The summed E-state index contributed by atoms with van der Waals surface area (Å²) in [6, 6.07) is 4.93. The van der Waals surface area contributed by atoms with Crippen molar-refractivity contribution in [1.29, 1.82) is 0 Å². The number of carbonyl (C=O) groups excluding carboxylic acids is 1. The third-order valence-electron chi connectivity index (χ3n) is 5.04. The molecule has 140 valence electrons. The van der Waals surface area contributed by atoms with Gasteiger partial charge in [0.2, 0.25) is 0 Å². The van der Waals surface area contributed by atoms with E-state index < -0.39 is 5.60 Å². The van der Waals surface area contributed by atoms with E-state index in [2.05, 4.69) is 20.8 Å². The molecule has 26 heavy (non-hydrogen) atoms. The van der Waals surface area contributed by atoms with Crippen LogP contribution in [-0.4, -0.2) is 46.8 Å². The van der Waals surface area contributed by atoms with Crippen LogP contribution in [0, 0.1) is 6.92 Å². The van der Waals surface area contributed by atoms with Gasteiger partial charge >= 0.3 is 6.09 Å². The van der Waals surface area contributed by atoms with E-state index in [1.807, 2.05) is 44.7 Å². The van der Waals surface area contributed by atoms with Crippen molar-refractivity contribution >= 4 is 39.1 Å². The van der Waals surface area contributed by atoms with E-state index in [0.717, 1.165) is 47.1 Å². The van der Waals surface area contributed by atoms with Crippen molar-refractivity contribution in [3.8, 4) is 0 Å². The van der Waals surface area contributed by atoms with Gasteiger partial charge in [-0.3, -0.25) is 4.90 Å². The monoisotopic (exact) mass is 421 g/mol. The van der Waals surface area contributed by atoms with Gasteiger partial charge in [-0.2, -0.15) is 4.98 Å². The number of aromatic nitrogens is 1. The second-order valence-electron chi connectivity index (χ2n) is 8.22. The number of amides is 1. The SMILES string of the molecule is Cc1ccc(Br)c2oc(N3CC4CCC(C3)N4C(=O)OC(C)(C)C)nc12. The summed E-state index contributed by atoms with van der Waals surface area (Å²) >= 11 is 3.54. The summed E-state index contributed by atoms with van der Waals surface area (Å²) in [4.78, 5) is 21.4. The molecule has 6 nitrogen and oxygen atoms in total. The number of nitrogens with zero attached hydrogens (tertiary/aromatic N) is 3. The summed E-state index contributed by atoms with van der Waals surface area (Å²) in [7, 11) is 0. The van der Waals surface area contributed by atoms with Crippen molar-refractivity contribution in [2.24, 2.45) is 0 Å². The fourth-order valence-corrected chi connectivity index (χ4v) is 4.30. The number of oxazole rings is 1. The zero-order valence-electron chi connectivity index (χ0n) is 15.6. The van der Waals surface area contributed by atoms with Gasteiger partial charge in [-0.25, -0.2) is 4.79 Å². The highest BCUT2D eigenvalue weighted by Gasteiger charge is 2.45. The van der Waals surface area contributed by atoms with Gasteiger partial charge in [-0.1, -0.05) is 6.07 Å². The smallest absolute Gasteiger partial charge is 0.410 e. The molecule has 2 atom stereocenters. The molecule has 0 radical (unpaired) electrons. The van der Waals surface area contributed by atoms with Gasteiger partial charge in [0, 0.05) is 13.1 Å². The number of piperazine rings is 1. The quantitative estimate of drug-likeness (QED) is 0.678. The third kappa shape index (κ3) is 3.06. The summed E-state index contributed by atoms with van der Waals surface area (Å²) in [6.45, 7) is 9.19. The molecule has 0 saturated carbocycles. The van der Waals surface area contributed by atoms with E-state index in [9.17, 15) is 4.79 Å². The Hall–Kier alpha value is -1.76. The van der Waals surface area contributed by atoms with Crippen LogP contribution in [0.15, 0.2) is 21.0 Å². The van der Waals surface area contributed by atoms with Crippen molar-refractivity contribution in [2.45, 2.75) is 58.2 Å². The molecule has 2 unspecified atom stereocenters. The Morgan fingerprint density at radius 3 is 2.50 bits per heavy atom. The molecular weight excluding hydrogens is 398 g/mol. The van der Waals surface area contributed by atoms with Crippen LogP contribution in [-0.2, 0) is 4.74 Å². The van der Waals surface area contributed by atoms with E-state index in [0.29, 0.717) is 6.01 Å². The fourth-order valence-electron chi connectivity index (χ4n) is 3.90. The average molecular weight is 422 g/mol. The minimum Gasteiger partial charge on any atom is -0.444 e. The molecule has 2 aromatic rings. The van der Waals surface area contributed by atoms with E-state index in [1.165, 1.54) is 0 Å². The highest BCUT2D eigenvalue weighted by Crippen LogP contribution is 2.36. The molecule has 2 saturated heterocycles. The molecule has 7 heteroatoms. The topological polar surface area (TPSA) is 58.8 Å². The molecule has 1 aromatic heterocycles. The lowest BCUT2D eigenvalue weighted by molar-refractivity contribution is 0.0120. The van der Waals surface area contributed by atoms with Gasteiger partial charge < -0.3 is 14.1 Å². The standard InChI is InChI=1S/C19H24BrN3O3/c1-11-5-8-14(20)16-15(11)21-17(25-16)22-9-12-6-7-13(10-22)23(12)18(24)26-19(2,3)4/h5,8,12-13H,6-7,9-10H2,1-4H3. The van der Waals surface area contributed by atoms with Crippen LogP contribution in [0.3, 0.4) is 0 Å². The van der Waals surface area contributed by atoms with Crippen molar-refractivity contribution in [1.82, 2.24) is 9.88 Å². The predicted octanol–water partition coefficient (Wildman–Crippen LogP) is 4.49. The van der Waals surface area contributed by atoms with Crippen LogP contribution in [0.2, 0.25) is 0 Å². The van der Waals surface area contributed by atoms with Crippen molar-refractivity contribution < 1.29 is 13.9 Å². The van der Waals surface area contributed by atoms with Gasteiger partial charge in [-0.15, -0.1) is 0 Å². The third-order valence-corrected chi connectivity index (χ3v) is 5.67. The number of benzene rings is 1. The van der Waals surface area contributed by atoms with Crippen LogP contribution in [0.1, 0.15) is 39.2 Å². The number of ether oxygens (including phenoxy) is 1. The number of rotatable bonds is 1. The second kappa shape index (κ2) is 6.15. The predicted molar refractivity (Wildman–Crippen MR) is 104 cm³/mol. The van der Waals surface area contributed by atoms with Crippen molar-refractivity contribution in [2.75, 3.05) is 18.0 Å². The Labute approximate surface area is 161 Å². The van der Waals surface area contributed by atoms with Crippen LogP contribution < -0.4 is 4.90 Å². The van der Waals surface area contributed by atoms with E-state index in [4.69, 9.17) is 14.1 Å². The number of carbonyl (C=O) groups is 1. The first-order valence-electron chi connectivity index (χ1n) is 9.05. The Kier molecular flexibility index (Phi) is 4.17. The molecule has 3 heterocycles. The van der Waals surface area contributed by atoms with Crippen molar-refractivity contribution in [3.63, 3.8) is 0 Å². The number of hydrogen-bond donors (Lipinski definition) is 0. The number of fused-ring (bicyclic) bond motifs is 3. The Morgan fingerprint density at radius 2 is 1.92 bits per heavy atom. The van der Waals surface area contributed by atoms with E-state index in [1.54, 1.807) is 0 Å². The van der Waals surface area contributed by atoms with Gasteiger partial charge in [0.15, 0.2) is 5.58 Å². The molecule has 1 amide bonds. The molecule has 4 rings (SSSR count). The largest absolute Gasteiger partial charge is 0.444 e. The first-order valence-corrected chi connectivity index (χ1v) is 9.84. The lowest BCUT2D eigenvalue weighted by Gasteiger charge is -2.40. The van der Waals surface area contributed by atoms with Crippen LogP contribution in [0.5, 0.6) is 0 Å². The van der Waals surface area contributed by atoms with Gasteiger partial charge in [0.05, 0.1) is 16.6 Å². The second-order valence-corrected chi connectivity index (χ2v) is 9.07. The summed E-state index contributed by atoms with van der Waals surface area (Å²) < 4.78 is 12.6. The van der Waals surface area contributed by atoms with E-state index in [-0.39, 0.29) is 18.2 Å². The number of hydrogen-bond acceptors (Lipinski definition) is 5. The lowest BCUT2D eigenvalue weighted by Crippen LogP contribution is -2.56. The molecule has 0 aliphatic carbocycles. The number of anilines is 1. The normalized spacial score (nSPS) is 23.0. The highest BCUT2D eigenvalue weighted by atomic mass is 79.9. The molecule has 0 N–H and O–H groups in total. The molecule has 2 aliphatic heterocycles. The summed E-state index contributed by atoms with van der Waals surface area (Å²) in [6.07, 6.45) is 1.77. The fraction of sp³-hybridized carbons (Fsp3) is 0.579. The minimum absolute atomic E-state index is 0.142. The first-order chi connectivity index (χ1) is 12.2. The van der Waals surface area contributed by atoms with Gasteiger partial charge in [0.25, 0.3) is 6.01 Å². The number of aryl methyl sites for hydroxylation is 1. The molecular formula is C19H24BrN3O3. The first kappa shape index (κ1) is 17.6. The molecule has 2 aliphatic rings. The van der Waals surface area contributed by atoms with E-state index >= 15 is 0 Å². The van der Waals surface area contributed by atoms with Crippen LogP contribution in [0.25, 0.3) is 11.1 Å². The van der Waals surface area contributed by atoms with Crippen LogP contribution in [0.4, 0.5) is 10.8 Å². The minimum atomic E-state index is -0.474. The number of halogens is 1. The summed E-state index contributed by atoms with van der Waals surface area (Å²) in [5, 5.41) is 0. The van der Waals surface area contributed by atoms with Gasteiger partial charge in [-0.05, 0) is 68.1 Å². The zero-order valence-corrected chi connectivity index (χ0v) is 17.2. The highest BCUT2D eigenvalue weighted by molar-refractivity contribution is 9.10. The molecule has 1 aromatic carbocycles. The van der Waals surface area contributed by atoms with Crippen molar-refractivity contribution in [3.05, 3.63) is 22.2 Å². The maximum Gasteiger partial charge on any atom is 0.410 e. The Balaban J connectivity index is 1.57. The average Bonchev–Trinajstić information content (AvgIpc) is 3.10. The Bertz CT molecular complexity index is 805. The molecule has 0 spiro atoms. The molecule has 2 fully saturated rings. The van der Waals surface area contributed by atoms with Gasteiger partial charge in [0.1, 0.15) is 11.1 Å².